The molecule has 0 aliphatic heterocycles. The van der Waals surface area contributed by atoms with Crippen LogP contribution in [0.1, 0.15) is 34.4 Å². The Labute approximate surface area is 129 Å². The van der Waals surface area contributed by atoms with Gasteiger partial charge in [0.1, 0.15) is 11.5 Å². The lowest BCUT2D eigenvalue weighted by atomic mass is 10.1. The maximum Gasteiger partial charge on any atom is 0.416 e. The molecular weight excluding hydrogens is 311 g/mol. The summed E-state index contributed by atoms with van der Waals surface area (Å²) < 4.78 is 37.4. The standard InChI is InChI=1S/C15H14F3N3O2/c1-2-12-20-11(7-13(22)21-12)14(23)19-8-9-3-5-10(6-4-9)15(16,17)18/h3-7H,2,8H2,1H3,(H,19,23)(H,20,21,22). The van der Waals surface area contributed by atoms with E-state index in [-0.39, 0.29) is 12.2 Å². The van der Waals surface area contributed by atoms with Gasteiger partial charge in [-0.2, -0.15) is 13.2 Å². The van der Waals surface area contributed by atoms with Gasteiger partial charge in [-0.25, -0.2) is 4.98 Å². The fraction of sp³-hybridized carbons (Fsp3) is 0.267. The number of carbonyl (C=O) groups is 1. The molecule has 1 aromatic heterocycles. The predicted octanol–water partition coefficient (Wildman–Crippen LogP) is 2.28. The fourth-order valence-corrected chi connectivity index (χ4v) is 1.88. The number of aryl methyl sites for hydroxylation is 1. The number of hydrogen-bond acceptors (Lipinski definition) is 3. The molecule has 0 fully saturated rings. The summed E-state index contributed by atoms with van der Waals surface area (Å²) in [6.45, 7) is 1.81. The Bertz CT molecular complexity index is 752. The molecule has 0 unspecified atom stereocenters. The SMILES string of the molecule is CCc1nc(C(=O)NCc2ccc(C(F)(F)F)cc2)cc(=O)[nH]1. The monoisotopic (exact) mass is 325 g/mol. The number of nitrogens with zero attached hydrogens (tertiary/aromatic N) is 1. The number of carbonyl (C=O) groups excluding carboxylic acids is 1. The molecular formula is C15H14F3N3O2. The van der Waals surface area contributed by atoms with Crippen LogP contribution < -0.4 is 10.9 Å². The zero-order valence-electron chi connectivity index (χ0n) is 12.2. The van der Waals surface area contributed by atoms with Crippen molar-refractivity contribution in [2.45, 2.75) is 26.1 Å². The zero-order valence-corrected chi connectivity index (χ0v) is 12.2. The summed E-state index contributed by atoms with van der Waals surface area (Å²) >= 11 is 0. The smallest absolute Gasteiger partial charge is 0.347 e. The molecule has 0 spiro atoms. The van der Waals surface area contributed by atoms with E-state index < -0.39 is 23.2 Å². The van der Waals surface area contributed by atoms with Crippen LogP contribution in [-0.4, -0.2) is 15.9 Å². The molecule has 0 radical (unpaired) electrons. The second kappa shape index (κ2) is 6.64. The van der Waals surface area contributed by atoms with Crippen LogP contribution >= 0.6 is 0 Å². The Kier molecular flexibility index (Phi) is 4.83. The molecule has 2 N–H and O–H groups in total. The van der Waals surface area contributed by atoms with E-state index in [9.17, 15) is 22.8 Å². The number of rotatable bonds is 4. The topological polar surface area (TPSA) is 74.8 Å². The summed E-state index contributed by atoms with van der Waals surface area (Å²) in [6.07, 6.45) is -3.93. The van der Waals surface area contributed by atoms with Crippen LogP contribution in [0.5, 0.6) is 0 Å². The molecule has 8 heteroatoms. The van der Waals surface area contributed by atoms with Crippen LogP contribution in [0, 0.1) is 0 Å². The highest BCUT2D eigenvalue weighted by molar-refractivity contribution is 5.92. The number of hydrogen-bond donors (Lipinski definition) is 2. The number of halogens is 3. The van der Waals surface area contributed by atoms with E-state index in [0.717, 1.165) is 18.2 Å². The van der Waals surface area contributed by atoms with Crippen molar-refractivity contribution in [3.8, 4) is 0 Å². The van der Waals surface area contributed by atoms with Gasteiger partial charge in [-0.1, -0.05) is 19.1 Å². The van der Waals surface area contributed by atoms with Crippen LogP contribution in [0.2, 0.25) is 0 Å². The largest absolute Gasteiger partial charge is 0.416 e. The second-order valence-electron chi connectivity index (χ2n) is 4.81. The van der Waals surface area contributed by atoms with E-state index in [1.54, 1.807) is 6.92 Å². The molecule has 0 saturated carbocycles. The first-order valence-corrected chi connectivity index (χ1v) is 6.84. The van der Waals surface area contributed by atoms with E-state index in [4.69, 9.17) is 0 Å². The Morgan fingerprint density at radius 3 is 2.48 bits per heavy atom. The summed E-state index contributed by atoms with van der Waals surface area (Å²) in [5, 5.41) is 2.52. The molecule has 1 aromatic carbocycles. The van der Waals surface area contributed by atoms with Crippen LogP contribution in [0.4, 0.5) is 13.2 Å². The minimum Gasteiger partial charge on any atom is -0.347 e. The highest BCUT2D eigenvalue weighted by atomic mass is 19.4. The molecule has 2 aromatic rings. The van der Waals surface area contributed by atoms with Gasteiger partial charge in [-0.15, -0.1) is 0 Å². The van der Waals surface area contributed by atoms with Crippen LogP contribution in [0.15, 0.2) is 35.1 Å². The molecule has 0 bridgehead atoms. The lowest BCUT2D eigenvalue weighted by molar-refractivity contribution is -0.137. The van der Waals surface area contributed by atoms with Gasteiger partial charge in [0.25, 0.3) is 11.5 Å². The summed E-state index contributed by atoms with van der Waals surface area (Å²) in [6, 6.07) is 5.53. The molecule has 1 amide bonds. The molecule has 122 valence electrons. The van der Waals surface area contributed by atoms with E-state index in [0.29, 0.717) is 17.8 Å². The van der Waals surface area contributed by atoms with Crippen LogP contribution in [-0.2, 0) is 19.1 Å². The Morgan fingerprint density at radius 1 is 1.26 bits per heavy atom. The van der Waals surface area contributed by atoms with Crippen molar-refractivity contribution in [1.29, 1.82) is 0 Å². The minimum atomic E-state index is -4.40. The summed E-state index contributed by atoms with van der Waals surface area (Å²) in [4.78, 5) is 29.8. The van der Waals surface area contributed by atoms with Crippen molar-refractivity contribution in [1.82, 2.24) is 15.3 Å². The predicted molar refractivity (Wildman–Crippen MR) is 76.8 cm³/mol. The first-order valence-electron chi connectivity index (χ1n) is 6.84. The van der Waals surface area contributed by atoms with Crippen molar-refractivity contribution in [2.75, 3.05) is 0 Å². The normalized spacial score (nSPS) is 11.3. The van der Waals surface area contributed by atoms with Gasteiger partial charge in [0.05, 0.1) is 5.56 Å². The van der Waals surface area contributed by atoms with E-state index in [2.05, 4.69) is 15.3 Å². The maximum absolute atomic E-state index is 12.5. The van der Waals surface area contributed by atoms with Crippen molar-refractivity contribution in [2.24, 2.45) is 0 Å². The molecule has 1 heterocycles. The van der Waals surface area contributed by atoms with Gasteiger partial charge in [0.2, 0.25) is 0 Å². The number of aromatic amines is 1. The zero-order chi connectivity index (χ0) is 17.0. The quantitative estimate of drug-likeness (QED) is 0.905. The van der Waals surface area contributed by atoms with E-state index in [1.165, 1.54) is 12.1 Å². The van der Waals surface area contributed by atoms with Crippen molar-refractivity contribution in [3.05, 3.63) is 63.3 Å². The van der Waals surface area contributed by atoms with Crippen molar-refractivity contribution in [3.63, 3.8) is 0 Å². The number of H-pyrrole nitrogens is 1. The van der Waals surface area contributed by atoms with Gasteiger partial charge in [-0.05, 0) is 17.7 Å². The first kappa shape index (κ1) is 16.7. The number of aromatic nitrogens is 2. The highest BCUT2D eigenvalue weighted by Crippen LogP contribution is 2.29. The molecule has 5 nitrogen and oxygen atoms in total. The first-order chi connectivity index (χ1) is 10.8. The van der Waals surface area contributed by atoms with Crippen molar-refractivity contribution >= 4 is 5.91 Å². The molecule has 0 atom stereocenters. The summed E-state index contributed by atoms with van der Waals surface area (Å²) in [5.41, 5.74) is -0.711. The summed E-state index contributed by atoms with van der Waals surface area (Å²) in [7, 11) is 0. The third-order valence-electron chi connectivity index (χ3n) is 3.09. The lowest BCUT2D eigenvalue weighted by Gasteiger charge is -2.08. The third kappa shape index (κ3) is 4.41. The average molecular weight is 325 g/mol. The molecule has 0 aliphatic rings. The van der Waals surface area contributed by atoms with Gasteiger partial charge < -0.3 is 10.3 Å². The van der Waals surface area contributed by atoms with Gasteiger partial charge >= 0.3 is 6.18 Å². The number of benzene rings is 1. The number of nitrogens with one attached hydrogen (secondary N) is 2. The van der Waals surface area contributed by atoms with Gasteiger partial charge in [0.15, 0.2) is 0 Å². The van der Waals surface area contributed by atoms with Crippen LogP contribution in [0.25, 0.3) is 0 Å². The fourth-order valence-electron chi connectivity index (χ4n) is 1.88. The number of alkyl halides is 3. The van der Waals surface area contributed by atoms with Gasteiger partial charge in [-0.3, -0.25) is 9.59 Å². The third-order valence-corrected chi connectivity index (χ3v) is 3.09. The Balaban J connectivity index is 2.04. The van der Waals surface area contributed by atoms with E-state index >= 15 is 0 Å². The summed E-state index contributed by atoms with van der Waals surface area (Å²) in [5.74, 6) is -0.178. The van der Waals surface area contributed by atoms with Gasteiger partial charge in [0, 0.05) is 19.0 Å². The van der Waals surface area contributed by atoms with Crippen molar-refractivity contribution < 1.29 is 18.0 Å². The Hall–Kier alpha value is -2.64. The lowest BCUT2D eigenvalue weighted by Crippen LogP contribution is -2.26. The second-order valence-corrected chi connectivity index (χ2v) is 4.81. The number of amides is 1. The molecule has 0 aliphatic carbocycles. The molecule has 2 rings (SSSR count). The van der Waals surface area contributed by atoms with E-state index in [1.807, 2.05) is 0 Å². The molecule has 23 heavy (non-hydrogen) atoms. The van der Waals surface area contributed by atoms with Crippen LogP contribution in [0.3, 0.4) is 0 Å². The Morgan fingerprint density at radius 2 is 1.91 bits per heavy atom. The maximum atomic E-state index is 12.5. The highest BCUT2D eigenvalue weighted by Gasteiger charge is 2.29. The average Bonchev–Trinajstić information content (AvgIpc) is 2.51. The minimum absolute atomic E-state index is 0.0301. The molecule has 0 saturated heterocycles.